The highest BCUT2D eigenvalue weighted by molar-refractivity contribution is 7.92. The van der Waals surface area contributed by atoms with Crippen LogP contribution in [0.25, 0.3) is 0 Å². The standard InChI is InChI=1S/C12H24N2O3S/c1-11(2,18(3,16)17)9-14-10(15)12(8-13)6-4-5-7-12/h4-9,13H2,1-3H3,(H,14,15). The summed E-state index contributed by atoms with van der Waals surface area (Å²) in [4.78, 5) is 12.2. The molecule has 0 aliphatic heterocycles. The Morgan fingerprint density at radius 3 is 2.22 bits per heavy atom. The van der Waals surface area contributed by atoms with Crippen molar-refractivity contribution in [3.8, 4) is 0 Å². The Morgan fingerprint density at radius 1 is 1.33 bits per heavy atom. The van der Waals surface area contributed by atoms with Gasteiger partial charge in [0.15, 0.2) is 9.84 Å². The second-order valence-electron chi connectivity index (χ2n) is 5.91. The molecule has 1 amide bonds. The molecule has 0 unspecified atom stereocenters. The number of nitrogens with two attached hydrogens (primary N) is 1. The van der Waals surface area contributed by atoms with E-state index in [9.17, 15) is 13.2 Å². The lowest BCUT2D eigenvalue weighted by atomic mass is 9.85. The largest absolute Gasteiger partial charge is 0.354 e. The van der Waals surface area contributed by atoms with Crippen molar-refractivity contribution in [1.82, 2.24) is 5.32 Å². The van der Waals surface area contributed by atoms with Crippen LogP contribution < -0.4 is 11.1 Å². The molecule has 18 heavy (non-hydrogen) atoms. The minimum atomic E-state index is -3.19. The first-order chi connectivity index (χ1) is 8.15. The van der Waals surface area contributed by atoms with E-state index in [0.717, 1.165) is 25.7 Å². The van der Waals surface area contributed by atoms with E-state index in [0.29, 0.717) is 6.54 Å². The highest BCUT2D eigenvalue weighted by Gasteiger charge is 2.41. The minimum Gasteiger partial charge on any atom is -0.354 e. The summed E-state index contributed by atoms with van der Waals surface area (Å²) in [5.74, 6) is -0.0979. The van der Waals surface area contributed by atoms with Crippen LogP contribution in [0.2, 0.25) is 0 Å². The molecule has 0 bridgehead atoms. The molecule has 1 saturated carbocycles. The molecule has 1 fully saturated rings. The van der Waals surface area contributed by atoms with Crippen molar-refractivity contribution in [3.05, 3.63) is 0 Å². The molecule has 0 atom stereocenters. The molecule has 0 radical (unpaired) electrons. The van der Waals surface area contributed by atoms with Crippen molar-refractivity contribution in [1.29, 1.82) is 0 Å². The molecule has 106 valence electrons. The Labute approximate surface area is 109 Å². The second-order valence-corrected chi connectivity index (χ2v) is 8.56. The second kappa shape index (κ2) is 5.17. The van der Waals surface area contributed by atoms with Crippen LogP contribution in [0.3, 0.4) is 0 Å². The van der Waals surface area contributed by atoms with E-state index in [1.54, 1.807) is 13.8 Å². The van der Waals surface area contributed by atoms with Gasteiger partial charge in [-0.2, -0.15) is 0 Å². The number of carbonyl (C=O) groups is 1. The van der Waals surface area contributed by atoms with Gasteiger partial charge in [-0.15, -0.1) is 0 Å². The van der Waals surface area contributed by atoms with E-state index in [-0.39, 0.29) is 12.5 Å². The quantitative estimate of drug-likeness (QED) is 0.762. The fraction of sp³-hybridized carbons (Fsp3) is 0.917. The first kappa shape index (κ1) is 15.4. The molecule has 0 aromatic heterocycles. The normalized spacial score (nSPS) is 19.8. The van der Waals surface area contributed by atoms with Crippen LogP contribution in [0.4, 0.5) is 0 Å². The SMILES string of the molecule is CC(C)(CNC(=O)C1(CN)CCCC1)S(C)(=O)=O. The van der Waals surface area contributed by atoms with Crippen molar-refractivity contribution in [2.75, 3.05) is 19.3 Å². The third-order valence-electron chi connectivity index (χ3n) is 4.11. The zero-order valence-corrected chi connectivity index (χ0v) is 12.3. The number of nitrogens with one attached hydrogen (secondary N) is 1. The number of hydrogen-bond acceptors (Lipinski definition) is 4. The first-order valence-electron chi connectivity index (χ1n) is 6.33. The summed E-state index contributed by atoms with van der Waals surface area (Å²) < 4.78 is 22.2. The molecule has 1 aliphatic carbocycles. The van der Waals surface area contributed by atoms with Gasteiger partial charge >= 0.3 is 0 Å². The summed E-state index contributed by atoms with van der Waals surface area (Å²) in [6.45, 7) is 3.70. The van der Waals surface area contributed by atoms with Crippen LogP contribution >= 0.6 is 0 Å². The minimum absolute atomic E-state index is 0.0979. The Hall–Kier alpha value is -0.620. The van der Waals surface area contributed by atoms with Gasteiger partial charge in [-0.05, 0) is 26.7 Å². The number of sulfone groups is 1. The molecular weight excluding hydrogens is 252 g/mol. The van der Waals surface area contributed by atoms with Gasteiger partial charge in [0, 0.05) is 19.3 Å². The molecule has 6 heteroatoms. The van der Waals surface area contributed by atoms with Gasteiger partial charge in [0.1, 0.15) is 0 Å². The van der Waals surface area contributed by atoms with Crippen molar-refractivity contribution < 1.29 is 13.2 Å². The summed E-state index contributed by atoms with van der Waals surface area (Å²) in [6, 6.07) is 0. The molecular formula is C12H24N2O3S. The van der Waals surface area contributed by atoms with Gasteiger partial charge in [-0.3, -0.25) is 4.79 Å². The maximum Gasteiger partial charge on any atom is 0.227 e. The van der Waals surface area contributed by atoms with Crippen molar-refractivity contribution in [2.45, 2.75) is 44.3 Å². The third-order valence-corrected chi connectivity index (χ3v) is 6.26. The van der Waals surface area contributed by atoms with Crippen molar-refractivity contribution in [2.24, 2.45) is 11.1 Å². The van der Waals surface area contributed by atoms with Crippen molar-refractivity contribution in [3.63, 3.8) is 0 Å². The first-order valence-corrected chi connectivity index (χ1v) is 8.22. The molecule has 0 heterocycles. The predicted octanol–water partition coefficient (Wildman–Crippen LogP) is 0.445. The Kier molecular flexibility index (Phi) is 4.43. The van der Waals surface area contributed by atoms with E-state index in [4.69, 9.17) is 5.73 Å². The molecule has 1 rings (SSSR count). The summed E-state index contributed by atoms with van der Waals surface area (Å²) in [5, 5.41) is 2.77. The van der Waals surface area contributed by atoms with E-state index < -0.39 is 20.0 Å². The molecule has 3 N–H and O–H groups in total. The number of rotatable bonds is 5. The Morgan fingerprint density at radius 2 is 1.83 bits per heavy atom. The van der Waals surface area contributed by atoms with E-state index in [2.05, 4.69) is 5.32 Å². The maximum absolute atomic E-state index is 12.2. The molecule has 0 saturated heterocycles. The summed E-state index contributed by atoms with van der Waals surface area (Å²) in [7, 11) is -3.19. The van der Waals surface area contributed by atoms with Gasteiger partial charge in [-0.25, -0.2) is 8.42 Å². The highest BCUT2D eigenvalue weighted by atomic mass is 32.2. The Bertz CT molecular complexity index is 409. The fourth-order valence-corrected chi connectivity index (χ4v) is 2.52. The van der Waals surface area contributed by atoms with Crippen LogP contribution in [0.15, 0.2) is 0 Å². The average molecular weight is 276 g/mol. The average Bonchev–Trinajstić information content (AvgIpc) is 2.74. The predicted molar refractivity (Wildman–Crippen MR) is 71.9 cm³/mol. The third kappa shape index (κ3) is 3.03. The topological polar surface area (TPSA) is 89.3 Å². The van der Waals surface area contributed by atoms with Gasteiger partial charge in [0.05, 0.1) is 10.2 Å². The van der Waals surface area contributed by atoms with E-state index in [1.165, 1.54) is 6.26 Å². The van der Waals surface area contributed by atoms with E-state index >= 15 is 0 Å². The van der Waals surface area contributed by atoms with E-state index in [1.807, 2.05) is 0 Å². The zero-order chi connectivity index (χ0) is 14.0. The summed E-state index contributed by atoms with van der Waals surface area (Å²) >= 11 is 0. The van der Waals surface area contributed by atoms with Crippen LogP contribution in [0.1, 0.15) is 39.5 Å². The zero-order valence-electron chi connectivity index (χ0n) is 11.5. The lowest BCUT2D eigenvalue weighted by Gasteiger charge is -2.29. The van der Waals surface area contributed by atoms with Crippen molar-refractivity contribution >= 4 is 15.7 Å². The van der Waals surface area contributed by atoms with Gasteiger partial charge in [0.2, 0.25) is 5.91 Å². The number of carbonyl (C=O) groups excluding carboxylic acids is 1. The van der Waals surface area contributed by atoms with Gasteiger partial charge in [0.25, 0.3) is 0 Å². The molecule has 0 aromatic rings. The maximum atomic E-state index is 12.2. The lowest BCUT2D eigenvalue weighted by molar-refractivity contribution is -0.130. The monoisotopic (exact) mass is 276 g/mol. The molecule has 0 spiro atoms. The van der Waals surface area contributed by atoms with Crippen LogP contribution in [0.5, 0.6) is 0 Å². The Balaban J connectivity index is 2.67. The molecule has 5 nitrogen and oxygen atoms in total. The summed E-state index contributed by atoms with van der Waals surface area (Å²) in [6.07, 6.45) is 4.82. The number of hydrogen-bond donors (Lipinski definition) is 2. The molecule has 1 aliphatic rings. The van der Waals surface area contributed by atoms with Crippen LogP contribution in [-0.4, -0.2) is 38.4 Å². The smallest absolute Gasteiger partial charge is 0.227 e. The highest BCUT2D eigenvalue weighted by Crippen LogP contribution is 2.37. The van der Waals surface area contributed by atoms with Gasteiger partial charge < -0.3 is 11.1 Å². The fourth-order valence-electron chi connectivity index (χ4n) is 2.19. The summed E-state index contributed by atoms with van der Waals surface area (Å²) in [5.41, 5.74) is 5.24. The van der Waals surface area contributed by atoms with Crippen LogP contribution in [0, 0.1) is 5.41 Å². The van der Waals surface area contributed by atoms with Crippen LogP contribution in [-0.2, 0) is 14.6 Å². The molecule has 0 aromatic carbocycles. The lowest BCUT2D eigenvalue weighted by Crippen LogP contribution is -2.50. The van der Waals surface area contributed by atoms with Gasteiger partial charge in [-0.1, -0.05) is 12.8 Å². The number of amides is 1.